The Morgan fingerprint density at radius 2 is 2.21 bits per heavy atom. The Kier molecular flexibility index (Phi) is 4.71. The van der Waals surface area contributed by atoms with Crippen molar-refractivity contribution in [2.45, 2.75) is 45.4 Å². The van der Waals surface area contributed by atoms with E-state index in [1.807, 2.05) is 6.92 Å². The maximum Gasteiger partial charge on any atom is 0.308 e. The second kappa shape index (κ2) is 6.50. The standard InChI is InChI=1S/C14H21N3O2/c1-2-5-10(14(18)19)8-15-13-11-6-3-4-7-12(11)16-9-17-13/h9-10H,2-8H2,1H3,(H,18,19)(H,15,16,17). The van der Waals surface area contributed by atoms with Crippen LogP contribution in [0, 0.1) is 5.92 Å². The minimum atomic E-state index is -0.739. The number of anilines is 1. The van der Waals surface area contributed by atoms with Crippen LogP contribution in [0.25, 0.3) is 0 Å². The SMILES string of the molecule is CCCC(CNc1ncnc2c1CCCC2)C(=O)O. The summed E-state index contributed by atoms with van der Waals surface area (Å²) in [5, 5.41) is 12.4. The third-order valence-electron chi connectivity index (χ3n) is 3.63. The highest BCUT2D eigenvalue weighted by molar-refractivity contribution is 5.70. The van der Waals surface area contributed by atoms with Crippen molar-refractivity contribution in [3.63, 3.8) is 0 Å². The van der Waals surface area contributed by atoms with Crippen molar-refractivity contribution in [1.82, 2.24) is 9.97 Å². The maximum atomic E-state index is 11.1. The highest BCUT2D eigenvalue weighted by Gasteiger charge is 2.19. The van der Waals surface area contributed by atoms with Gasteiger partial charge >= 0.3 is 5.97 Å². The molecule has 2 N–H and O–H groups in total. The number of rotatable bonds is 6. The number of hydrogen-bond donors (Lipinski definition) is 2. The molecule has 0 spiro atoms. The molecular weight excluding hydrogens is 242 g/mol. The van der Waals surface area contributed by atoms with Gasteiger partial charge in [0.1, 0.15) is 12.1 Å². The summed E-state index contributed by atoms with van der Waals surface area (Å²) in [6.07, 6.45) is 7.47. The van der Waals surface area contributed by atoms with Crippen LogP contribution in [0.15, 0.2) is 6.33 Å². The van der Waals surface area contributed by atoms with E-state index in [2.05, 4.69) is 15.3 Å². The Labute approximate surface area is 113 Å². The van der Waals surface area contributed by atoms with Gasteiger partial charge in [0.15, 0.2) is 0 Å². The molecule has 0 aromatic carbocycles. The normalized spacial score (nSPS) is 15.6. The number of aliphatic carboxylic acids is 1. The van der Waals surface area contributed by atoms with Crippen molar-refractivity contribution in [1.29, 1.82) is 0 Å². The second-order valence-electron chi connectivity index (χ2n) is 5.06. The van der Waals surface area contributed by atoms with E-state index in [0.717, 1.165) is 37.2 Å². The lowest BCUT2D eigenvalue weighted by atomic mass is 9.96. The first-order valence-corrected chi connectivity index (χ1v) is 7.01. The number of hydrogen-bond acceptors (Lipinski definition) is 4. The van der Waals surface area contributed by atoms with Crippen LogP contribution >= 0.6 is 0 Å². The van der Waals surface area contributed by atoms with Gasteiger partial charge in [-0.2, -0.15) is 0 Å². The van der Waals surface area contributed by atoms with E-state index >= 15 is 0 Å². The van der Waals surface area contributed by atoms with E-state index in [1.165, 1.54) is 12.0 Å². The largest absolute Gasteiger partial charge is 0.481 e. The third-order valence-corrected chi connectivity index (χ3v) is 3.63. The van der Waals surface area contributed by atoms with Crippen molar-refractivity contribution in [3.8, 4) is 0 Å². The molecule has 2 rings (SSSR count). The first-order chi connectivity index (χ1) is 9.22. The zero-order chi connectivity index (χ0) is 13.7. The van der Waals surface area contributed by atoms with E-state index in [4.69, 9.17) is 5.11 Å². The van der Waals surface area contributed by atoms with Crippen LogP contribution in [0.4, 0.5) is 5.82 Å². The Hall–Kier alpha value is -1.65. The summed E-state index contributed by atoms with van der Waals surface area (Å²) >= 11 is 0. The van der Waals surface area contributed by atoms with E-state index in [9.17, 15) is 4.79 Å². The molecule has 104 valence electrons. The van der Waals surface area contributed by atoms with Crippen LogP contribution < -0.4 is 5.32 Å². The molecule has 0 aliphatic heterocycles. The van der Waals surface area contributed by atoms with Gasteiger partial charge in [0.2, 0.25) is 0 Å². The van der Waals surface area contributed by atoms with Crippen LogP contribution in [-0.2, 0) is 17.6 Å². The van der Waals surface area contributed by atoms with Crippen molar-refractivity contribution in [2.24, 2.45) is 5.92 Å². The molecule has 1 heterocycles. The summed E-state index contributed by atoms with van der Waals surface area (Å²) in [6, 6.07) is 0. The van der Waals surface area contributed by atoms with Crippen LogP contribution in [0.2, 0.25) is 0 Å². The quantitative estimate of drug-likeness (QED) is 0.823. The number of aryl methyl sites for hydroxylation is 1. The van der Waals surface area contributed by atoms with Crippen molar-refractivity contribution < 1.29 is 9.90 Å². The fourth-order valence-electron chi connectivity index (χ4n) is 2.55. The van der Waals surface area contributed by atoms with Crippen molar-refractivity contribution >= 4 is 11.8 Å². The second-order valence-corrected chi connectivity index (χ2v) is 5.06. The van der Waals surface area contributed by atoms with Gasteiger partial charge in [0.05, 0.1) is 5.92 Å². The molecule has 1 unspecified atom stereocenters. The summed E-state index contributed by atoms with van der Waals surface area (Å²) in [5.41, 5.74) is 2.29. The smallest absolute Gasteiger partial charge is 0.308 e. The van der Waals surface area contributed by atoms with Crippen molar-refractivity contribution in [2.75, 3.05) is 11.9 Å². The van der Waals surface area contributed by atoms with Gasteiger partial charge in [-0.05, 0) is 32.1 Å². The predicted octanol–water partition coefficient (Wildman–Crippen LogP) is 2.27. The molecule has 0 saturated heterocycles. The van der Waals surface area contributed by atoms with Gasteiger partial charge in [-0.1, -0.05) is 13.3 Å². The fraction of sp³-hybridized carbons (Fsp3) is 0.643. The zero-order valence-corrected chi connectivity index (χ0v) is 11.4. The van der Waals surface area contributed by atoms with Crippen LogP contribution in [-0.4, -0.2) is 27.6 Å². The summed E-state index contributed by atoms with van der Waals surface area (Å²) < 4.78 is 0. The number of aromatic nitrogens is 2. The van der Waals surface area contributed by atoms with Gasteiger partial charge in [-0.25, -0.2) is 9.97 Å². The molecule has 1 aliphatic rings. The Morgan fingerprint density at radius 1 is 1.42 bits per heavy atom. The molecular formula is C14H21N3O2. The van der Waals surface area contributed by atoms with E-state index in [1.54, 1.807) is 6.33 Å². The van der Waals surface area contributed by atoms with Crippen LogP contribution in [0.5, 0.6) is 0 Å². The third kappa shape index (κ3) is 3.43. The van der Waals surface area contributed by atoms with Gasteiger partial charge in [-0.15, -0.1) is 0 Å². The molecule has 0 bridgehead atoms. The number of nitrogens with one attached hydrogen (secondary N) is 1. The lowest BCUT2D eigenvalue weighted by molar-refractivity contribution is -0.141. The number of carboxylic acid groups (broad SMARTS) is 1. The first-order valence-electron chi connectivity index (χ1n) is 7.01. The Bertz CT molecular complexity index is 448. The number of nitrogens with zero attached hydrogens (tertiary/aromatic N) is 2. The molecule has 0 saturated carbocycles. The van der Waals surface area contributed by atoms with E-state index < -0.39 is 5.97 Å². The van der Waals surface area contributed by atoms with Gasteiger partial charge in [0, 0.05) is 17.8 Å². The van der Waals surface area contributed by atoms with Gasteiger partial charge in [-0.3, -0.25) is 4.79 Å². The van der Waals surface area contributed by atoms with Crippen LogP contribution in [0.1, 0.15) is 43.9 Å². The number of fused-ring (bicyclic) bond motifs is 1. The predicted molar refractivity (Wildman–Crippen MR) is 73.2 cm³/mol. The maximum absolute atomic E-state index is 11.1. The number of carbonyl (C=O) groups is 1. The highest BCUT2D eigenvalue weighted by atomic mass is 16.4. The highest BCUT2D eigenvalue weighted by Crippen LogP contribution is 2.24. The van der Waals surface area contributed by atoms with Gasteiger partial charge in [0.25, 0.3) is 0 Å². The fourth-order valence-corrected chi connectivity index (χ4v) is 2.55. The molecule has 1 aromatic heterocycles. The average Bonchev–Trinajstić information content (AvgIpc) is 2.43. The Morgan fingerprint density at radius 3 is 2.95 bits per heavy atom. The lowest BCUT2D eigenvalue weighted by Gasteiger charge is -2.19. The summed E-state index contributed by atoms with van der Waals surface area (Å²) in [5.74, 6) is -0.261. The van der Waals surface area contributed by atoms with Crippen molar-refractivity contribution in [3.05, 3.63) is 17.6 Å². The first kappa shape index (κ1) is 13.8. The number of carboxylic acids is 1. The lowest BCUT2D eigenvalue weighted by Crippen LogP contribution is -2.24. The molecule has 0 radical (unpaired) electrons. The Balaban J connectivity index is 2.04. The molecule has 5 nitrogen and oxygen atoms in total. The molecule has 0 amide bonds. The summed E-state index contributed by atoms with van der Waals surface area (Å²) in [7, 11) is 0. The molecule has 5 heteroatoms. The minimum Gasteiger partial charge on any atom is -0.481 e. The molecule has 19 heavy (non-hydrogen) atoms. The summed E-state index contributed by atoms with van der Waals surface area (Å²) in [6.45, 7) is 2.44. The molecule has 1 atom stereocenters. The average molecular weight is 263 g/mol. The summed E-state index contributed by atoms with van der Waals surface area (Å²) in [4.78, 5) is 19.7. The molecule has 1 aliphatic carbocycles. The molecule has 1 aromatic rings. The van der Waals surface area contributed by atoms with Crippen LogP contribution in [0.3, 0.4) is 0 Å². The monoisotopic (exact) mass is 263 g/mol. The minimum absolute atomic E-state index is 0.348. The van der Waals surface area contributed by atoms with E-state index in [0.29, 0.717) is 13.0 Å². The topological polar surface area (TPSA) is 75.1 Å². The van der Waals surface area contributed by atoms with E-state index in [-0.39, 0.29) is 5.92 Å². The van der Waals surface area contributed by atoms with Gasteiger partial charge < -0.3 is 10.4 Å². The molecule has 0 fully saturated rings. The zero-order valence-electron chi connectivity index (χ0n) is 11.4.